The van der Waals surface area contributed by atoms with E-state index in [1.165, 1.54) is 12.8 Å². The lowest BCUT2D eigenvalue weighted by atomic mass is 10.2. The van der Waals surface area contributed by atoms with Gasteiger partial charge < -0.3 is 4.74 Å². The Kier molecular flexibility index (Phi) is 3.96. The molecule has 1 aliphatic carbocycles. The molecule has 0 spiro atoms. The molecule has 2 N–H and O–H groups in total. The lowest BCUT2D eigenvalue weighted by molar-refractivity contribution is -0.126. The first kappa shape index (κ1) is 13.0. The third kappa shape index (κ3) is 3.53. The molecule has 0 radical (unpaired) electrons. The zero-order valence-corrected chi connectivity index (χ0v) is 11.1. The fourth-order valence-corrected chi connectivity index (χ4v) is 1.44. The Labute approximate surface area is 107 Å². The number of carbonyl (C=O) groups is 1. The average Bonchev–Trinajstić information content (AvgIpc) is 3.04. The number of rotatable bonds is 6. The van der Waals surface area contributed by atoms with Gasteiger partial charge >= 0.3 is 0 Å². The molecular weight excluding hydrogens is 232 g/mol. The highest BCUT2D eigenvalue weighted by Crippen LogP contribution is 2.29. The van der Waals surface area contributed by atoms with Gasteiger partial charge in [0.15, 0.2) is 0 Å². The lowest BCUT2D eigenvalue weighted by Crippen LogP contribution is -2.28. The molecule has 1 heterocycles. The summed E-state index contributed by atoms with van der Waals surface area (Å²) in [6.45, 7) is 6.43. The summed E-state index contributed by atoms with van der Waals surface area (Å²) >= 11 is 0. The minimum Gasteiger partial charge on any atom is -0.368 e. The van der Waals surface area contributed by atoms with Crippen molar-refractivity contribution in [3.05, 3.63) is 5.82 Å². The van der Waals surface area contributed by atoms with Crippen molar-refractivity contribution < 1.29 is 9.53 Å². The Morgan fingerprint density at radius 1 is 1.50 bits per heavy atom. The van der Waals surface area contributed by atoms with E-state index in [-0.39, 0.29) is 11.8 Å². The SMILES string of the molecule is CC(OCC1CC1)C(=O)Nc1n[nH]c(C(C)C)n1. The lowest BCUT2D eigenvalue weighted by Gasteiger charge is -2.11. The summed E-state index contributed by atoms with van der Waals surface area (Å²) in [6, 6.07) is 0. The number of nitrogens with one attached hydrogen (secondary N) is 2. The van der Waals surface area contributed by atoms with Crippen LogP contribution in [0, 0.1) is 5.92 Å². The van der Waals surface area contributed by atoms with Crippen LogP contribution in [0.3, 0.4) is 0 Å². The predicted molar refractivity (Wildman–Crippen MR) is 67.2 cm³/mol. The first-order chi connectivity index (χ1) is 8.56. The maximum atomic E-state index is 11.8. The van der Waals surface area contributed by atoms with E-state index in [9.17, 15) is 4.79 Å². The number of hydrogen-bond acceptors (Lipinski definition) is 4. The van der Waals surface area contributed by atoms with Crippen LogP contribution in [0.15, 0.2) is 0 Å². The predicted octanol–water partition coefficient (Wildman–Crippen LogP) is 1.68. The number of anilines is 1. The quantitative estimate of drug-likeness (QED) is 0.807. The number of nitrogens with zero attached hydrogens (tertiary/aromatic N) is 2. The second-order valence-electron chi connectivity index (χ2n) is 5.11. The first-order valence-electron chi connectivity index (χ1n) is 6.41. The average molecular weight is 252 g/mol. The molecular formula is C12H20N4O2. The molecule has 0 saturated heterocycles. The number of aromatic nitrogens is 3. The molecule has 1 saturated carbocycles. The topological polar surface area (TPSA) is 79.9 Å². The molecule has 0 aromatic carbocycles. The van der Waals surface area contributed by atoms with Gasteiger partial charge in [0.2, 0.25) is 5.95 Å². The molecule has 1 fully saturated rings. The van der Waals surface area contributed by atoms with Crippen LogP contribution in [0.4, 0.5) is 5.95 Å². The van der Waals surface area contributed by atoms with Gasteiger partial charge in [-0.15, -0.1) is 5.10 Å². The highest BCUT2D eigenvalue weighted by Gasteiger charge is 2.24. The first-order valence-corrected chi connectivity index (χ1v) is 6.41. The Morgan fingerprint density at radius 2 is 2.22 bits per heavy atom. The van der Waals surface area contributed by atoms with Crippen molar-refractivity contribution in [2.45, 2.75) is 45.6 Å². The van der Waals surface area contributed by atoms with Crippen molar-refractivity contribution >= 4 is 11.9 Å². The molecule has 1 amide bonds. The zero-order valence-electron chi connectivity index (χ0n) is 11.1. The molecule has 2 rings (SSSR count). The summed E-state index contributed by atoms with van der Waals surface area (Å²) in [4.78, 5) is 16.0. The maximum absolute atomic E-state index is 11.8. The van der Waals surface area contributed by atoms with Gasteiger partial charge in [0, 0.05) is 5.92 Å². The summed E-state index contributed by atoms with van der Waals surface area (Å²) in [5.41, 5.74) is 0. The van der Waals surface area contributed by atoms with Crippen LogP contribution in [0.1, 0.15) is 45.4 Å². The van der Waals surface area contributed by atoms with Crippen molar-refractivity contribution in [2.75, 3.05) is 11.9 Å². The second-order valence-corrected chi connectivity index (χ2v) is 5.11. The summed E-state index contributed by atoms with van der Waals surface area (Å²) in [5.74, 6) is 1.77. The van der Waals surface area contributed by atoms with Crippen LogP contribution in [-0.4, -0.2) is 33.8 Å². The maximum Gasteiger partial charge on any atom is 0.255 e. The second kappa shape index (κ2) is 5.48. The fraction of sp³-hybridized carbons (Fsp3) is 0.750. The van der Waals surface area contributed by atoms with Crippen LogP contribution in [-0.2, 0) is 9.53 Å². The van der Waals surface area contributed by atoms with Gasteiger partial charge in [-0.3, -0.25) is 15.2 Å². The summed E-state index contributed by atoms with van der Waals surface area (Å²) < 4.78 is 5.48. The standard InChI is InChI=1S/C12H20N4O2/c1-7(2)10-13-12(16-15-10)14-11(17)8(3)18-6-9-4-5-9/h7-9H,4-6H2,1-3H3,(H2,13,14,15,16,17). The number of H-pyrrole nitrogens is 1. The van der Waals surface area contributed by atoms with Crippen molar-refractivity contribution in [1.82, 2.24) is 15.2 Å². The summed E-state index contributed by atoms with van der Waals surface area (Å²) in [5, 5.41) is 9.38. The van der Waals surface area contributed by atoms with E-state index in [1.54, 1.807) is 6.92 Å². The Bertz CT molecular complexity index is 412. The van der Waals surface area contributed by atoms with Gasteiger partial charge in [-0.05, 0) is 25.7 Å². The number of ether oxygens (including phenoxy) is 1. The van der Waals surface area contributed by atoms with Gasteiger partial charge in [0.1, 0.15) is 11.9 Å². The molecule has 0 aliphatic heterocycles. The Morgan fingerprint density at radius 3 is 2.78 bits per heavy atom. The Hall–Kier alpha value is -1.43. The molecule has 100 valence electrons. The molecule has 1 aromatic heterocycles. The monoisotopic (exact) mass is 252 g/mol. The number of aromatic amines is 1. The van der Waals surface area contributed by atoms with Crippen LogP contribution in [0.5, 0.6) is 0 Å². The van der Waals surface area contributed by atoms with Crippen molar-refractivity contribution in [2.24, 2.45) is 5.92 Å². The third-order valence-electron chi connectivity index (χ3n) is 2.93. The van der Waals surface area contributed by atoms with E-state index in [4.69, 9.17) is 4.74 Å². The smallest absolute Gasteiger partial charge is 0.255 e. The van der Waals surface area contributed by atoms with Gasteiger partial charge in [0.05, 0.1) is 6.61 Å². The van der Waals surface area contributed by atoms with Crippen LogP contribution in [0.25, 0.3) is 0 Å². The van der Waals surface area contributed by atoms with Crippen molar-refractivity contribution in [1.29, 1.82) is 0 Å². The molecule has 1 aliphatic rings. The largest absolute Gasteiger partial charge is 0.368 e. The van der Waals surface area contributed by atoms with Gasteiger partial charge in [-0.2, -0.15) is 4.98 Å². The molecule has 18 heavy (non-hydrogen) atoms. The van der Waals surface area contributed by atoms with Gasteiger partial charge in [-0.25, -0.2) is 0 Å². The van der Waals surface area contributed by atoms with Gasteiger partial charge in [-0.1, -0.05) is 13.8 Å². The fourth-order valence-electron chi connectivity index (χ4n) is 1.44. The molecule has 6 nitrogen and oxygen atoms in total. The number of carbonyl (C=O) groups excluding carboxylic acids is 1. The highest BCUT2D eigenvalue weighted by atomic mass is 16.5. The molecule has 6 heteroatoms. The van der Waals surface area contributed by atoms with E-state index in [0.29, 0.717) is 18.5 Å². The number of amides is 1. The molecule has 1 atom stereocenters. The highest BCUT2D eigenvalue weighted by molar-refractivity contribution is 5.92. The van der Waals surface area contributed by atoms with Crippen molar-refractivity contribution in [3.63, 3.8) is 0 Å². The Balaban J connectivity index is 1.80. The van der Waals surface area contributed by atoms with E-state index in [0.717, 1.165) is 5.82 Å². The van der Waals surface area contributed by atoms with E-state index < -0.39 is 6.10 Å². The summed E-state index contributed by atoms with van der Waals surface area (Å²) in [7, 11) is 0. The van der Waals surface area contributed by atoms with Crippen molar-refractivity contribution in [3.8, 4) is 0 Å². The van der Waals surface area contributed by atoms with Gasteiger partial charge in [0.25, 0.3) is 5.91 Å². The normalized spacial score (nSPS) is 16.9. The molecule has 1 aromatic rings. The zero-order chi connectivity index (χ0) is 13.1. The van der Waals surface area contributed by atoms with E-state index in [2.05, 4.69) is 20.5 Å². The molecule has 0 bridgehead atoms. The molecule has 1 unspecified atom stereocenters. The summed E-state index contributed by atoms with van der Waals surface area (Å²) in [6.07, 6.45) is 1.96. The van der Waals surface area contributed by atoms with E-state index >= 15 is 0 Å². The minimum absolute atomic E-state index is 0.204. The van der Waals surface area contributed by atoms with E-state index in [1.807, 2.05) is 13.8 Å². The van der Waals surface area contributed by atoms with Crippen LogP contribution in [0.2, 0.25) is 0 Å². The minimum atomic E-state index is -0.466. The third-order valence-corrected chi connectivity index (χ3v) is 2.93. The van der Waals surface area contributed by atoms with Crippen LogP contribution >= 0.6 is 0 Å². The number of hydrogen-bond donors (Lipinski definition) is 2. The van der Waals surface area contributed by atoms with Crippen LogP contribution < -0.4 is 5.32 Å².